The summed E-state index contributed by atoms with van der Waals surface area (Å²) in [5.74, 6) is 0.130. The van der Waals surface area contributed by atoms with Crippen LogP contribution in [-0.4, -0.2) is 20.2 Å². The zero-order valence-corrected chi connectivity index (χ0v) is 9.99. The van der Waals surface area contributed by atoms with E-state index in [4.69, 9.17) is 5.73 Å². The van der Waals surface area contributed by atoms with E-state index in [-0.39, 0.29) is 11.2 Å². The average Bonchev–Trinajstić information content (AvgIpc) is 2.79. The van der Waals surface area contributed by atoms with Crippen LogP contribution >= 0.6 is 0 Å². The van der Waals surface area contributed by atoms with Crippen molar-refractivity contribution >= 4 is 9.84 Å². The van der Waals surface area contributed by atoms with Crippen molar-refractivity contribution < 1.29 is 8.42 Å². The monoisotopic (exact) mass is 239 g/mol. The molecule has 0 spiro atoms. The van der Waals surface area contributed by atoms with Crippen LogP contribution in [0.3, 0.4) is 0 Å². The fourth-order valence-corrected chi connectivity index (χ4v) is 4.58. The minimum absolute atomic E-state index is 0.130. The van der Waals surface area contributed by atoms with Gasteiger partial charge in [-0.2, -0.15) is 0 Å². The van der Waals surface area contributed by atoms with Crippen molar-refractivity contribution in [1.82, 2.24) is 0 Å². The zero-order valence-electron chi connectivity index (χ0n) is 9.17. The lowest BCUT2D eigenvalue weighted by molar-refractivity contribution is 0.523. The van der Waals surface area contributed by atoms with Gasteiger partial charge in [0.15, 0.2) is 9.84 Å². The summed E-state index contributed by atoms with van der Waals surface area (Å²) >= 11 is 0. The van der Waals surface area contributed by atoms with E-state index >= 15 is 0 Å². The van der Waals surface area contributed by atoms with Gasteiger partial charge in [-0.15, -0.1) is 0 Å². The minimum atomic E-state index is -3.18. The first-order valence-electron chi connectivity index (χ1n) is 5.65. The molecule has 88 valence electrons. The van der Waals surface area contributed by atoms with Gasteiger partial charge in [-0.05, 0) is 37.4 Å². The van der Waals surface area contributed by atoms with Crippen LogP contribution in [0.25, 0.3) is 0 Å². The number of hydrogen-bond acceptors (Lipinski definition) is 3. The third kappa shape index (κ3) is 1.99. The summed E-state index contributed by atoms with van der Waals surface area (Å²) in [6, 6.07) is 8.69. The van der Waals surface area contributed by atoms with Crippen molar-refractivity contribution in [3.05, 3.63) is 30.3 Å². The molecule has 2 unspecified atom stereocenters. The third-order valence-electron chi connectivity index (χ3n) is 3.36. The molecule has 1 fully saturated rings. The van der Waals surface area contributed by atoms with Gasteiger partial charge < -0.3 is 5.73 Å². The van der Waals surface area contributed by atoms with Crippen LogP contribution in [0.15, 0.2) is 35.2 Å². The number of benzene rings is 1. The Morgan fingerprint density at radius 2 is 1.88 bits per heavy atom. The lowest BCUT2D eigenvalue weighted by atomic mass is 10.1. The van der Waals surface area contributed by atoms with Crippen LogP contribution in [0, 0.1) is 5.92 Å². The van der Waals surface area contributed by atoms with Gasteiger partial charge in [0.25, 0.3) is 0 Å². The number of hydrogen-bond donors (Lipinski definition) is 1. The molecule has 1 aromatic carbocycles. The van der Waals surface area contributed by atoms with Crippen molar-refractivity contribution in [1.29, 1.82) is 0 Å². The van der Waals surface area contributed by atoms with Crippen LogP contribution in [0.1, 0.15) is 19.3 Å². The summed E-state index contributed by atoms with van der Waals surface area (Å²) in [7, 11) is -3.18. The third-order valence-corrected chi connectivity index (χ3v) is 5.71. The molecule has 0 amide bonds. The summed E-state index contributed by atoms with van der Waals surface area (Å²) in [4.78, 5) is 0.431. The van der Waals surface area contributed by atoms with Gasteiger partial charge in [0.2, 0.25) is 0 Å². The molecule has 0 aliphatic heterocycles. The van der Waals surface area contributed by atoms with Crippen molar-refractivity contribution in [2.24, 2.45) is 11.7 Å². The van der Waals surface area contributed by atoms with Crippen molar-refractivity contribution in [3.8, 4) is 0 Å². The van der Waals surface area contributed by atoms with E-state index < -0.39 is 9.84 Å². The van der Waals surface area contributed by atoms with Crippen molar-refractivity contribution in [2.45, 2.75) is 29.4 Å². The van der Waals surface area contributed by atoms with Crippen molar-refractivity contribution in [3.63, 3.8) is 0 Å². The van der Waals surface area contributed by atoms with E-state index in [1.807, 2.05) is 6.07 Å². The highest BCUT2D eigenvalue weighted by Gasteiger charge is 2.37. The normalized spacial score (nSPS) is 25.8. The summed E-state index contributed by atoms with van der Waals surface area (Å²) < 4.78 is 24.7. The van der Waals surface area contributed by atoms with Gasteiger partial charge in [0.1, 0.15) is 0 Å². The molecule has 0 radical (unpaired) electrons. The Labute approximate surface area is 96.6 Å². The van der Waals surface area contributed by atoms with Crippen LogP contribution in [-0.2, 0) is 9.84 Å². The second-order valence-corrected chi connectivity index (χ2v) is 6.49. The highest BCUT2D eigenvalue weighted by molar-refractivity contribution is 7.92. The second-order valence-electron chi connectivity index (χ2n) is 4.32. The fourth-order valence-electron chi connectivity index (χ4n) is 2.47. The Kier molecular flexibility index (Phi) is 3.30. The largest absolute Gasteiger partial charge is 0.330 e. The quantitative estimate of drug-likeness (QED) is 0.871. The standard InChI is InChI=1S/C12H17NO2S/c13-9-10-5-4-8-12(10)16(14,15)11-6-2-1-3-7-11/h1-3,6-7,10,12H,4-5,8-9,13H2. The first-order chi connectivity index (χ1) is 7.66. The molecule has 0 saturated heterocycles. The molecule has 1 aliphatic carbocycles. The fraction of sp³-hybridized carbons (Fsp3) is 0.500. The molecule has 1 aliphatic rings. The topological polar surface area (TPSA) is 60.2 Å². The molecular formula is C12H17NO2S. The number of rotatable bonds is 3. The molecule has 2 atom stereocenters. The molecule has 2 rings (SSSR count). The predicted molar refractivity (Wildman–Crippen MR) is 63.8 cm³/mol. The van der Waals surface area contributed by atoms with E-state index in [1.54, 1.807) is 24.3 Å². The lowest BCUT2D eigenvalue weighted by Gasteiger charge is -2.18. The molecule has 0 bridgehead atoms. The first-order valence-corrected chi connectivity index (χ1v) is 7.20. The SMILES string of the molecule is NCC1CCCC1S(=O)(=O)c1ccccc1. The number of sulfone groups is 1. The van der Waals surface area contributed by atoms with Gasteiger partial charge in [0, 0.05) is 0 Å². The first kappa shape index (κ1) is 11.6. The molecule has 3 nitrogen and oxygen atoms in total. The van der Waals surface area contributed by atoms with Crippen LogP contribution in [0.4, 0.5) is 0 Å². The highest BCUT2D eigenvalue weighted by atomic mass is 32.2. The van der Waals surface area contributed by atoms with E-state index in [1.165, 1.54) is 0 Å². The molecule has 1 saturated carbocycles. The van der Waals surface area contributed by atoms with E-state index in [9.17, 15) is 8.42 Å². The Morgan fingerprint density at radius 3 is 2.50 bits per heavy atom. The molecular weight excluding hydrogens is 222 g/mol. The van der Waals surface area contributed by atoms with Crippen molar-refractivity contribution in [2.75, 3.05) is 6.54 Å². The minimum Gasteiger partial charge on any atom is -0.330 e. The predicted octanol–water partition coefficient (Wildman–Crippen LogP) is 1.59. The van der Waals surface area contributed by atoms with Gasteiger partial charge in [-0.25, -0.2) is 8.42 Å². The van der Waals surface area contributed by atoms with E-state index in [0.29, 0.717) is 11.4 Å². The molecule has 0 aromatic heterocycles. The summed E-state index contributed by atoms with van der Waals surface area (Å²) in [6.07, 6.45) is 2.66. The maximum atomic E-state index is 12.3. The molecule has 0 heterocycles. The smallest absolute Gasteiger partial charge is 0.181 e. The molecule has 4 heteroatoms. The number of nitrogens with two attached hydrogens (primary N) is 1. The molecule has 1 aromatic rings. The average molecular weight is 239 g/mol. The lowest BCUT2D eigenvalue weighted by Crippen LogP contribution is -2.30. The maximum Gasteiger partial charge on any atom is 0.181 e. The highest BCUT2D eigenvalue weighted by Crippen LogP contribution is 2.33. The Hall–Kier alpha value is -0.870. The van der Waals surface area contributed by atoms with Crippen LogP contribution in [0.5, 0.6) is 0 Å². The van der Waals surface area contributed by atoms with Gasteiger partial charge in [-0.3, -0.25) is 0 Å². The Bertz CT molecular complexity index is 441. The van der Waals surface area contributed by atoms with Gasteiger partial charge in [-0.1, -0.05) is 24.6 Å². The zero-order chi connectivity index (χ0) is 11.6. The maximum absolute atomic E-state index is 12.3. The van der Waals surface area contributed by atoms with Crippen LogP contribution < -0.4 is 5.73 Å². The second kappa shape index (κ2) is 4.55. The van der Waals surface area contributed by atoms with Crippen LogP contribution in [0.2, 0.25) is 0 Å². The molecule has 2 N–H and O–H groups in total. The summed E-state index contributed by atoms with van der Waals surface area (Å²) in [6.45, 7) is 0.469. The van der Waals surface area contributed by atoms with Gasteiger partial charge in [0.05, 0.1) is 10.1 Å². The molecule has 16 heavy (non-hydrogen) atoms. The van der Waals surface area contributed by atoms with Gasteiger partial charge >= 0.3 is 0 Å². The van der Waals surface area contributed by atoms with E-state index in [0.717, 1.165) is 19.3 Å². The summed E-state index contributed by atoms with van der Waals surface area (Å²) in [5, 5.41) is -0.278. The Morgan fingerprint density at radius 1 is 1.19 bits per heavy atom. The summed E-state index contributed by atoms with van der Waals surface area (Å²) in [5.41, 5.74) is 5.63. The van der Waals surface area contributed by atoms with E-state index in [2.05, 4.69) is 0 Å². The Balaban J connectivity index is 2.33.